The first-order valence-corrected chi connectivity index (χ1v) is 9.93. The highest BCUT2D eigenvalue weighted by molar-refractivity contribution is 5.99. The normalized spacial score (nSPS) is 12.6. The number of carbonyl (C=O) groups excluding carboxylic acids is 2. The van der Waals surface area contributed by atoms with Crippen molar-refractivity contribution in [1.82, 2.24) is 34.9 Å². The summed E-state index contributed by atoms with van der Waals surface area (Å²) >= 11 is 0. The number of nitrogens with one attached hydrogen (secondary N) is 3. The number of aromatic nitrogens is 5. The Morgan fingerprint density at radius 2 is 2.03 bits per heavy atom. The van der Waals surface area contributed by atoms with Crippen LogP contribution >= 0.6 is 0 Å². The maximum absolute atomic E-state index is 12.8. The highest BCUT2D eigenvalue weighted by Crippen LogP contribution is 2.29. The molecule has 0 spiro atoms. The lowest BCUT2D eigenvalue weighted by Crippen LogP contribution is -2.20. The zero-order valence-electron chi connectivity index (χ0n) is 17.4. The van der Waals surface area contributed by atoms with Gasteiger partial charge in [-0.3, -0.25) is 19.4 Å². The van der Waals surface area contributed by atoms with E-state index in [0.717, 1.165) is 16.6 Å². The van der Waals surface area contributed by atoms with Gasteiger partial charge in [0.05, 0.1) is 16.8 Å². The molecule has 1 aliphatic rings. The lowest BCUT2D eigenvalue weighted by Gasteiger charge is -2.09. The maximum atomic E-state index is 12.8. The van der Waals surface area contributed by atoms with Crippen LogP contribution in [-0.4, -0.2) is 43.3 Å². The largest absolute Gasteiger partial charge is 0.439 e. The predicted molar refractivity (Wildman–Crippen MR) is 116 cm³/mol. The van der Waals surface area contributed by atoms with Crippen molar-refractivity contribution in [2.75, 3.05) is 12.4 Å². The second kappa shape index (κ2) is 7.78. The minimum absolute atomic E-state index is 0.282. The monoisotopic (exact) mass is 432 g/mol. The van der Waals surface area contributed by atoms with Gasteiger partial charge in [0.1, 0.15) is 17.8 Å². The molecule has 0 saturated heterocycles. The van der Waals surface area contributed by atoms with Gasteiger partial charge in [0.2, 0.25) is 5.88 Å². The SMILES string of the molecule is CNC(=O)c1cc(NC(=O)n2ccc3cc(Oc4ncnc5c4CNC5)ccc32)nn1C. The van der Waals surface area contributed by atoms with E-state index < -0.39 is 6.03 Å². The van der Waals surface area contributed by atoms with Crippen LogP contribution in [-0.2, 0) is 20.1 Å². The standard InChI is InChI=1S/C21H20N8O3/c1-22-19(30)17-8-18(27-28(17)2)26-21(31)29-6-5-12-7-13(3-4-16(12)29)32-20-14-9-23-10-15(14)24-11-25-20/h3-8,11,23H,9-10H2,1-2H3,(H,22,30)(H,26,27,31). The topological polar surface area (TPSA) is 128 Å². The van der Waals surface area contributed by atoms with Gasteiger partial charge in [-0.05, 0) is 24.3 Å². The molecular weight excluding hydrogens is 412 g/mol. The number of anilines is 1. The molecule has 0 saturated carbocycles. The Morgan fingerprint density at radius 3 is 2.88 bits per heavy atom. The second-order valence-corrected chi connectivity index (χ2v) is 7.26. The number of hydrogen-bond donors (Lipinski definition) is 3. The van der Waals surface area contributed by atoms with Crippen LogP contribution in [0.2, 0.25) is 0 Å². The lowest BCUT2D eigenvalue weighted by atomic mass is 10.2. The number of nitrogens with zero attached hydrogens (tertiary/aromatic N) is 5. The van der Waals surface area contributed by atoms with Gasteiger partial charge in [-0.15, -0.1) is 0 Å². The van der Waals surface area contributed by atoms with Crippen molar-refractivity contribution in [2.45, 2.75) is 13.1 Å². The molecule has 3 aromatic heterocycles. The van der Waals surface area contributed by atoms with Crippen molar-refractivity contribution in [3.63, 3.8) is 0 Å². The third-order valence-corrected chi connectivity index (χ3v) is 5.26. The molecule has 1 aromatic carbocycles. The van der Waals surface area contributed by atoms with Gasteiger partial charge in [-0.1, -0.05) is 0 Å². The van der Waals surface area contributed by atoms with Crippen molar-refractivity contribution in [3.8, 4) is 11.6 Å². The molecule has 32 heavy (non-hydrogen) atoms. The quantitative estimate of drug-likeness (QED) is 0.450. The summed E-state index contributed by atoms with van der Waals surface area (Å²) in [5, 5.41) is 13.5. The van der Waals surface area contributed by atoms with Gasteiger partial charge in [0, 0.05) is 44.8 Å². The van der Waals surface area contributed by atoms with Crippen molar-refractivity contribution < 1.29 is 14.3 Å². The molecule has 11 heteroatoms. The zero-order valence-corrected chi connectivity index (χ0v) is 17.4. The Balaban J connectivity index is 1.37. The number of fused-ring (bicyclic) bond motifs is 2. The number of ether oxygens (including phenoxy) is 1. The molecule has 1 aliphatic heterocycles. The average Bonchev–Trinajstić information content (AvgIpc) is 3.51. The molecule has 5 rings (SSSR count). The Morgan fingerprint density at radius 1 is 1.16 bits per heavy atom. The van der Waals surface area contributed by atoms with E-state index in [2.05, 4.69) is 31.0 Å². The van der Waals surface area contributed by atoms with Gasteiger partial charge in [0.25, 0.3) is 5.91 Å². The summed E-state index contributed by atoms with van der Waals surface area (Å²) in [7, 11) is 3.17. The fourth-order valence-corrected chi connectivity index (χ4v) is 3.67. The van der Waals surface area contributed by atoms with E-state index in [4.69, 9.17) is 4.74 Å². The van der Waals surface area contributed by atoms with Gasteiger partial charge < -0.3 is 15.4 Å². The highest BCUT2D eigenvalue weighted by atomic mass is 16.5. The fraction of sp³-hybridized carbons (Fsp3) is 0.190. The van der Waals surface area contributed by atoms with Crippen LogP contribution in [0.4, 0.5) is 10.6 Å². The van der Waals surface area contributed by atoms with Crippen molar-refractivity contribution >= 4 is 28.7 Å². The van der Waals surface area contributed by atoms with E-state index in [1.54, 1.807) is 25.4 Å². The van der Waals surface area contributed by atoms with E-state index in [0.29, 0.717) is 35.9 Å². The van der Waals surface area contributed by atoms with Crippen LogP contribution in [0.5, 0.6) is 11.6 Å². The first-order chi connectivity index (χ1) is 15.5. The maximum Gasteiger partial charge on any atom is 0.331 e. The van der Waals surface area contributed by atoms with E-state index in [1.165, 1.54) is 28.7 Å². The highest BCUT2D eigenvalue weighted by Gasteiger charge is 2.19. The van der Waals surface area contributed by atoms with E-state index in [1.807, 2.05) is 12.1 Å². The van der Waals surface area contributed by atoms with Gasteiger partial charge in [-0.25, -0.2) is 14.8 Å². The molecule has 0 atom stereocenters. The summed E-state index contributed by atoms with van der Waals surface area (Å²) in [6.45, 7) is 1.37. The summed E-state index contributed by atoms with van der Waals surface area (Å²) < 4.78 is 8.87. The molecule has 4 aromatic rings. The Labute approximate surface area is 182 Å². The van der Waals surface area contributed by atoms with Gasteiger partial charge in [-0.2, -0.15) is 5.10 Å². The van der Waals surface area contributed by atoms with Gasteiger partial charge >= 0.3 is 6.03 Å². The number of rotatable bonds is 4. The minimum atomic E-state index is -0.394. The van der Waals surface area contributed by atoms with Crippen LogP contribution in [0.15, 0.2) is 42.9 Å². The second-order valence-electron chi connectivity index (χ2n) is 7.26. The van der Waals surface area contributed by atoms with Crippen molar-refractivity contribution in [2.24, 2.45) is 7.05 Å². The fourth-order valence-electron chi connectivity index (χ4n) is 3.67. The molecule has 3 N–H and O–H groups in total. The van der Waals surface area contributed by atoms with E-state index in [9.17, 15) is 9.59 Å². The molecule has 0 fully saturated rings. The summed E-state index contributed by atoms with van der Waals surface area (Å²) in [5.74, 6) is 1.13. The minimum Gasteiger partial charge on any atom is -0.439 e. The zero-order chi connectivity index (χ0) is 22.2. The molecule has 4 heterocycles. The molecule has 11 nitrogen and oxygen atoms in total. The Bertz CT molecular complexity index is 1360. The third kappa shape index (κ3) is 3.44. The summed E-state index contributed by atoms with van der Waals surface area (Å²) in [5.41, 5.74) is 2.93. The number of hydrogen-bond acceptors (Lipinski definition) is 7. The van der Waals surface area contributed by atoms with Crippen molar-refractivity contribution in [3.05, 3.63) is 59.8 Å². The Kier molecular flexibility index (Phi) is 4.79. The summed E-state index contributed by atoms with van der Waals surface area (Å²) in [4.78, 5) is 33.2. The first kappa shape index (κ1) is 19.7. The molecule has 162 valence electrons. The predicted octanol–water partition coefficient (Wildman–Crippen LogP) is 2.00. The third-order valence-electron chi connectivity index (χ3n) is 5.26. The molecule has 0 bridgehead atoms. The van der Waals surface area contributed by atoms with Crippen molar-refractivity contribution in [1.29, 1.82) is 0 Å². The van der Waals surface area contributed by atoms with Gasteiger partial charge in [0.15, 0.2) is 5.82 Å². The summed E-state index contributed by atoms with van der Waals surface area (Å²) in [6.07, 6.45) is 3.16. The molecule has 0 aliphatic carbocycles. The molecule has 0 radical (unpaired) electrons. The van der Waals surface area contributed by atoms with Crippen LogP contribution in [0.25, 0.3) is 10.9 Å². The number of benzene rings is 1. The number of aryl methyl sites for hydroxylation is 1. The van der Waals surface area contributed by atoms with E-state index >= 15 is 0 Å². The van der Waals surface area contributed by atoms with Crippen LogP contribution in [0.1, 0.15) is 21.7 Å². The van der Waals surface area contributed by atoms with Crippen LogP contribution in [0.3, 0.4) is 0 Å². The lowest BCUT2D eigenvalue weighted by molar-refractivity contribution is 0.0953. The van der Waals surface area contributed by atoms with Crippen LogP contribution in [0, 0.1) is 0 Å². The first-order valence-electron chi connectivity index (χ1n) is 9.93. The molecule has 0 unspecified atom stereocenters. The average molecular weight is 432 g/mol. The molecular formula is C21H20N8O3. The smallest absolute Gasteiger partial charge is 0.331 e. The molecule has 2 amide bonds. The number of amides is 2. The van der Waals surface area contributed by atoms with Crippen LogP contribution < -0.4 is 20.7 Å². The summed E-state index contributed by atoms with van der Waals surface area (Å²) in [6, 6.07) is 8.38. The number of carbonyl (C=O) groups is 2. The van der Waals surface area contributed by atoms with E-state index in [-0.39, 0.29) is 11.7 Å². The Hall–Kier alpha value is -4.25.